The molecule has 17 heavy (non-hydrogen) atoms. The first-order valence-electron chi connectivity index (χ1n) is 5.19. The number of carbonyl (C=O) groups is 1. The van der Waals surface area contributed by atoms with Crippen LogP contribution in [-0.4, -0.2) is 25.3 Å². The number of hydrogen-bond acceptors (Lipinski definition) is 3. The second kappa shape index (κ2) is 5.91. The van der Waals surface area contributed by atoms with E-state index in [4.69, 9.17) is 14.6 Å². The topological polar surface area (TPSA) is 55.8 Å². The Labute approximate surface area is 109 Å². The Balaban J connectivity index is 3.39. The van der Waals surface area contributed by atoms with Crippen LogP contribution in [-0.2, 0) is 17.6 Å². The Morgan fingerprint density at radius 1 is 1.41 bits per heavy atom. The highest BCUT2D eigenvalue weighted by Crippen LogP contribution is 2.40. The van der Waals surface area contributed by atoms with Gasteiger partial charge in [0.25, 0.3) is 0 Å². The molecule has 0 bridgehead atoms. The number of aliphatic carboxylic acids is 1. The monoisotopic (exact) mass is 302 g/mol. The van der Waals surface area contributed by atoms with Crippen molar-refractivity contribution in [2.45, 2.75) is 19.8 Å². The smallest absolute Gasteiger partial charge is 0.307 e. The maximum Gasteiger partial charge on any atom is 0.307 e. The van der Waals surface area contributed by atoms with Crippen molar-refractivity contribution in [1.82, 2.24) is 0 Å². The van der Waals surface area contributed by atoms with Crippen LogP contribution in [0.5, 0.6) is 11.5 Å². The van der Waals surface area contributed by atoms with Gasteiger partial charge in [-0.05, 0) is 39.5 Å². The van der Waals surface area contributed by atoms with Crippen LogP contribution in [0.15, 0.2) is 10.5 Å². The van der Waals surface area contributed by atoms with Gasteiger partial charge in [-0.25, -0.2) is 0 Å². The van der Waals surface area contributed by atoms with Gasteiger partial charge in [0, 0.05) is 0 Å². The first kappa shape index (κ1) is 13.8. The number of methoxy groups -OCH3 is 2. The second-order valence-corrected chi connectivity index (χ2v) is 4.28. The molecule has 0 saturated carbocycles. The lowest BCUT2D eigenvalue weighted by molar-refractivity contribution is -0.136. The molecule has 5 heteroatoms. The van der Waals surface area contributed by atoms with E-state index < -0.39 is 5.97 Å². The number of ether oxygens (including phenoxy) is 2. The first-order chi connectivity index (χ1) is 8.04. The molecule has 0 unspecified atom stereocenters. The maximum absolute atomic E-state index is 10.8. The summed E-state index contributed by atoms with van der Waals surface area (Å²) in [4.78, 5) is 10.8. The minimum absolute atomic E-state index is 0.0257. The van der Waals surface area contributed by atoms with Gasteiger partial charge in [-0.2, -0.15) is 0 Å². The minimum atomic E-state index is -0.862. The van der Waals surface area contributed by atoms with Crippen molar-refractivity contribution < 1.29 is 19.4 Å². The summed E-state index contributed by atoms with van der Waals surface area (Å²) >= 11 is 3.44. The van der Waals surface area contributed by atoms with Gasteiger partial charge in [0.2, 0.25) is 0 Å². The van der Waals surface area contributed by atoms with Crippen LogP contribution in [0.3, 0.4) is 0 Å². The molecule has 0 spiro atoms. The van der Waals surface area contributed by atoms with Gasteiger partial charge in [0.1, 0.15) is 0 Å². The van der Waals surface area contributed by atoms with Gasteiger partial charge in [-0.3, -0.25) is 4.79 Å². The van der Waals surface area contributed by atoms with Gasteiger partial charge >= 0.3 is 5.97 Å². The van der Waals surface area contributed by atoms with Crippen molar-refractivity contribution in [2.75, 3.05) is 14.2 Å². The number of carboxylic acids is 1. The van der Waals surface area contributed by atoms with E-state index >= 15 is 0 Å². The summed E-state index contributed by atoms with van der Waals surface area (Å²) in [5.74, 6) is 0.269. The fourth-order valence-corrected chi connectivity index (χ4v) is 2.63. The molecule has 0 fully saturated rings. The van der Waals surface area contributed by atoms with Gasteiger partial charge in [0.15, 0.2) is 11.5 Å². The molecule has 1 N–H and O–H groups in total. The number of halogens is 1. The van der Waals surface area contributed by atoms with E-state index in [1.54, 1.807) is 13.2 Å². The van der Waals surface area contributed by atoms with Crippen LogP contribution in [0.4, 0.5) is 0 Å². The molecule has 0 aromatic heterocycles. The lowest BCUT2D eigenvalue weighted by atomic mass is 10.0. The Bertz CT molecular complexity index is 429. The molecule has 0 amide bonds. The fraction of sp³-hybridized carbons (Fsp3) is 0.417. The number of benzene rings is 1. The fourth-order valence-electron chi connectivity index (χ4n) is 1.74. The molecule has 0 aliphatic carbocycles. The number of hydrogen-bond donors (Lipinski definition) is 1. The molecular formula is C12H15BrO4. The molecule has 0 atom stereocenters. The molecule has 1 aromatic carbocycles. The Morgan fingerprint density at radius 2 is 2.06 bits per heavy atom. The quantitative estimate of drug-likeness (QED) is 0.908. The van der Waals surface area contributed by atoms with Crippen LogP contribution in [0.2, 0.25) is 0 Å². The van der Waals surface area contributed by atoms with E-state index in [0.29, 0.717) is 11.5 Å². The second-order valence-electron chi connectivity index (χ2n) is 3.49. The predicted molar refractivity (Wildman–Crippen MR) is 68.0 cm³/mol. The molecule has 0 aliphatic heterocycles. The summed E-state index contributed by atoms with van der Waals surface area (Å²) in [5.41, 5.74) is 1.68. The summed E-state index contributed by atoms with van der Waals surface area (Å²) in [5, 5.41) is 8.88. The van der Waals surface area contributed by atoms with Crippen LogP contribution in [0.25, 0.3) is 0 Å². The van der Waals surface area contributed by atoms with Crippen molar-refractivity contribution in [1.29, 1.82) is 0 Å². The molecule has 0 heterocycles. The minimum Gasteiger partial charge on any atom is -0.493 e. The van der Waals surface area contributed by atoms with E-state index in [1.807, 2.05) is 6.92 Å². The van der Waals surface area contributed by atoms with E-state index in [2.05, 4.69) is 15.9 Å². The molecule has 0 aliphatic rings. The van der Waals surface area contributed by atoms with Crippen molar-refractivity contribution >= 4 is 21.9 Å². The highest BCUT2D eigenvalue weighted by molar-refractivity contribution is 9.10. The normalized spacial score (nSPS) is 10.1. The third-order valence-electron chi connectivity index (χ3n) is 2.50. The van der Waals surface area contributed by atoms with Gasteiger partial charge in [0.05, 0.1) is 25.1 Å². The standard InChI is InChI=1S/C12H15BrO4/c1-4-8-7(6-10(14)15)5-9(16-2)12(17-3)11(8)13/h5H,4,6H2,1-3H3,(H,14,15). The number of carboxylic acid groups (broad SMARTS) is 1. The van der Waals surface area contributed by atoms with Crippen LogP contribution in [0.1, 0.15) is 18.1 Å². The highest BCUT2D eigenvalue weighted by Gasteiger charge is 2.18. The molecule has 4 nitrogen and oxygen atoms in total. The molecule has 1 rings (SSSR count). The van der Waals surface area contributed by atoms with Crippen molar-refractivity contribution in [3.8, 4) is 11.5 Å². The summed E-state index contributed by atoms with van der Waals surface area (Å²) in [6, 6.07) is 1.72. The largest absolute Gasteiger partial charge is 0.493 e. The van der Waals surface area contributed by atoms with Crippen LogP contribution in [0, 0.1) is 0 Å². The number of rotatable bonds is 5. The Kier molecular flexibility index (Phi) is 4.81. The zero-order chi connectivity index (χ0) is 13.0. The lowest BCUT2D eigenvalue weighted by Gasteiger charge is -2.16. The van der Waals surface area contributed by atoms with Crippen molar-refractivity contribution in [3.63, 3.8) is 0 Å². The predicted octanol–water partition coefficient (Wildman–Crippen LogP) is 2.66. The van der Waals surface area contributed by atoms with E-state index in [0.717, 1.165) is 22.0 Å². The Hall–Kier alpha value is -1.23. The van der Waals surface area contributed by atoms with E-state index in [-0.39, 0.29) is 6.42 Å². The summed E-state index contributed by atoms with van der Waals surface area (Å²) in [7, 11) is 3.08. The molecule has 0 radical (unpaired) electrons. The third-order valence-corrected chi connectivity index (χ3v) is 3.34. The molecule has 94 valence electrons. The van der Waals surface area contributed by atoms with Crippen LogP contribution >= 0.6 is 15.9 Å². The van der Waals surface area contributed by atoms with E-state index in [1.165, 1.54) is 7.11 Å². The van der Waals surface area contributed by atoms with Crippen molar-refractivity contribution in [3.05, 3.63) is 21.7 Å². The van der Waals surface area contributed by atoms with Crippen LogP contribution < -0.4 is 9.47 Å². The Morgan fingerprint density at radius 3 is 2.47 bits per heavy atom. The first-order valence-corrected chi connectivity index (χ1v) is 5.98. The van der Waals surface area contributed by atoms with Gasteiger partial charge in [-0.1, -0.05) is 6.92 Å². The molecule has 1 aromatic rings. The highest BCUT2D eigenvalue weighted by atomic mass is 79.9. The third kappa shape index (κ3) is 2.91. The molecule has 0 saturated heterocycles. The van der Waals surface area contributed by atoms with Gasteiger partial charge in [-0.15, -0.1) is 0 Å². The zero-order valence-corrected chi connectivity index (χ0v) is 11.6. The SMILES string of the molecule is CCc1c(CC(=O)O)cc(OC)c(OC)c1Br. The van der Waals surface area contributed by atoms with Gasteiger partial charge < -0.3 is 14.6 Å². The maximum atomic E-state index is 10.8. The average molecular weight is 303 g/mol. The van der Waals surface area contributed by atoms with Crippen molar-refractivity contribution in [2.24, 2.45) is 0 Å². The summed E-state index contributed by atoms with van der Waals surface area (Å²) in [6.45, 7) is 1.97. The summed E-state index contributed by atoms with van der Waals surface area (Å²) < 4.78 is 11.2. The zero-order valence-electron chi connectivity index (χ0n) is 10.0. The summed E-state index contributed by atoms with van der Waals surface area (Å²) in [6.07, 6.45) is 0.700. The van der Waals surface area contributed by atoms with E-state index in [9.17, 15) is 4.79 Å². The molecular weight excluding hydrogens is 288 g/mol. The lowest BCUT2D eigenvalue weighted by Crippen LogP contribution is -2.06. The average Bonchev–Trinajstić information content (AvgIpc) is 2.28.